The molecule has 0 aliphatic carbocycles. The fourth-order valence-corrected chi connectivity index (χ4v) is 2.31. The zero-order valence-corrected chi connectivity index (χ0v) is 9.75. The Bertz CT molecular complexity index is 530. The second kappa shape index (κ2) is 3.97. The van der Waals surface area contributed by atoms with Crippen molar-refractivity contribution in [2.45, 2.75) is 0 Å². The minimum absolute atomic E-state index is 0.413. The highest BCUT2D eigenvalue weighted by Crippen LogP contribution is 2.33. The number of aromatic nitrogens is 2. The molecule has 0 aromatic carbocycles. The van der Waals surface area contributed by atoms with Crippen LogP contribution >= 0.6 is 11.3 Å². The van der Waals surface area contributed by atoms with Gasteiger partial charge in [-0.1, -0.05) is 0 Å². The number of anilines is 1. The van der Waals surface area contributed by atoms with Crippen LogP contribution in [0.3, 0.4) is 0 Å². The molecule has 84 valence electrons. The molecule has 6 heteroatoms. The Kier molecular flexibility index (Phi) is 2.66. The Morgan fingerprint density at radius 3 is 2.94 bits per heavy atom. The highest BCUT2D eigenvalue weighted by Gasteiger charge is 2.20. The maximum Gasteiger partial charge on any atom is 0.341 e. The van der Waals surface area contributed by atoms with E-state index in [-0.39, 0.29) is 0 Å². The fourth-order valence-electron chi connectivity index (χ4n) is 1.51. The quantitative estimate of drug-likeness (QED) is 0.804. The zero-order chi connectivity index (χ0) is 11.7. The van der Waals surface area contributed by atoms with Crippen molar-refractivity contribution in [3.63, 3.8) is 0 Å². The molecule has 2 aromatic heterocycles. The monoisotopic (exact) mass is 237 g/mol. The largest absolute Gasteiger partial charge is 0.465 e. The van der Waals surface area contributed by atoms with Crippen molar-refractivity contribution in [2.75, 3.05) is 12.8 Å². The topological polar surface area (TPSA) is 70.1 Å². The minimum atomic E-state index is -0.421. The van der Waals surface area contributed by atoms with Crippen molar-refractivity contribution in [3.05, 3.63) is 23.2 Å². The number of methoxy groups -OCH3 is 1. The van der Waals surface area contributed by atoms with E-state index in [9.17, 15) is 4.79 Å². The van der Waals surface area contributed by atoms with E-state index in [0.29, 0.717) is 10.6 Å². The molecule has 0 aliphatic rings. The van der Waals surface area contributed by atoms with E-state index in [1.54, 1.807) is 10.9 Å². The standard InChI is InChI=1S/C10H11N3O2S/c1-13-7(3-4-12-13)6-5-16-9(11)8(6)10(14)15-2/h3-5H,11H2,1-2H3. The van der Waals surface area contributed by atoms with Crippen molar-refractivity contribution >= 4 is 22.3 Å². The number of esters is 1. The number of rotatable bonds is 2. The number of carbonyl (C=O) groups is 1. The third-order valence-corrected chi connectivity index (χ3v) is 3.12. The predicted molar refractivity (Wildman–Crippen MR) is 62.3 cm³/mol. The Balaban J connectivity index is 2.59. The first kappa shape index (κ1) is 10.7. The SMILES string of the molecule is COC(=O)c1c(-c2ccnn2C)csc1N. The van der Waals surface area contributed by atoms with Gasteiger partial charge in [0.05, 0.1) is 12.8 Å². The van der Waals surface area contributed by atoms with Crippen molar-refractivity contribution in [1.29, 1.82) is 0 Å². The summed E-state index contributed by atoms with van der Waals surface area (Å²) in [5, 5.41) is 6.35. The van der Waals surface area contributed by atoms with Gasteiger partial charge in [0.15, 0.2) is 0 Å². The molecule has 16 heavy (non-hydrogen) atoms. The van der Waals surface area contributed by atoms with E-state index in [1.807, 2.05) is 18.5 Å². The Hall–Kier alpha value is -1.82. The highest BCUT2D eigenvalue weighted by atomic mass is 32.1. The third kappa shape index (κ3) is 1.57. The molecule has 0 spiro atoms. The first-order valence-electron chi connectivity index (χ1n) is 4.58. The lowest BCUT2D eigenvalue weighted by Crippen LogP contribution is -2.05. The van der Waals surface area contributed by atoms with Crippen molar-refractivity contribution in [3.8, 4) is 11.3 Å². The number of ether oxygens (including phenoxy) is 1. The van der Waals surface area contributed by atoms with E-state index < -0.39 is 5.97 Å². The molecule has 2 aromatic rings. The molecule has 0 aliphatic heterocycles. The van der Waals surface area contributed by atoms with E-state index in [2.05, 4.69) is 5.10 Å². The Labute approximate surface area is 96.4 Å². The summed E-state index contributed by atoms with van der Waals surface area (Å²) in [5.74, 6) is -0.421. The Morgan fingerprint density at radius 2 is 2.38 bits per heavy atom. The van der Waals surface area contributed by atoms with E-state index in [4.69, 9.17) is 10.5 Å². The summed E-state index contributed by atoms with van der Waals surface area (Å²) in [5.41, 5.74) is 7.77. The molecule has 0 fully saturated rings. The number of thiophene rings is 1. The lowest BCUT2D eigenvalue weighted by Gasteiger charge is -2.03. The number of carbonyl (C=O) groups excluding carboxylic acids is 1. The summed E-state index contributed by atoms with van der Waals surface area (Å²) in [4.78, 5) is 11.6. The summed E-state index contributed by atoms with van der Waals surface area (Å²) in [7, 11) is 3.15. The van der Waals surface area contributed by atoms with Crippen LogP contribution in [0, 0.1) is 0 Å². The predicted octanol–water partition coefficient (Wildman–Crippen LogP) is 1.52. The van der Waals surface area contributed by atoms with E-state index in [1.165, 1.54) is 18.4 Å². The van der Waals surface area contributed by atoms with Gasteiger partial charge in [-0.25, -0.2) is 4.79 Å². The number of hydrogen-bond acceptors (Lipinski definition) is 5. The van der Waals surface area contributed by atoms with Crippen molar-refractivity contribution < 1.29 is 9.53 Å². The van der Waals surface area contributed by atoms with Gasteiger partial charge in [0, 0.05) is 24.2 Å². The molecule has 0 amide bonds. The van der Waals surface area contributed by atoms with Crippen LogP contribution in [0.25, 0.3) is 11.3 Å². The molecule has 5 nitrogen and oxygen atoms in total. The van der Waals surface area contributed by atoms with Crippen LogP contribution in [0.2, 0.25) is 0 Å². The normalized spacial score (nSPS) is 10.4. The molecule has 0 bridgehead atoms. The van der Waals surface area contributed by atoms with Gasteiger partial charge in [0.25, 0.3) is 0 Å². The fraction of sp³-hybridized carbons (Fsp3) is 0.200. The zero-order valence-electron chi connectivity index (χ0n) is 8.93. The van der Waals surface area contributed by atoms with E-state index >= 15 is 0 Å². The second-order valence-electron chi connectivity index (χ2n) is 3.22. The smallest absolute Gasteiger partial charge is 0.341 e. The van der Waals surface area contributed by atoms with Crippen LogP contribution in [-0.2, 0) is 11.8 Å². The molecule has 2 heterocycles. The summed E-state index contributed by atoms with van der Waals surface area (Å²) in [6.07, 6.45) is 1.67. The lowest BCUT2D eigenvalue weighted by molar-refractivity contribution is 0.0603. The average molecular weight is 237 g/mol. The third-order valence-electron chi connectivity index (χ3n) is 2.31. The van der Waals surface area contributed by atoms with Gasteiger partial charge in [0.2, 0.25) is 0 Å². The summed E-state index contributed by atoms with van der Waals surface area (Å²) in [6, 6.07) is 1.83. The van der Waals surface area contributed by atoms with Crippen LogP contribution in [0.4, 0.5) is 5.00 Å². The van der Waals surface area contributed by atoms with Gasteiger partial charge in [-0.2, -0.15) is 5.10 Å². The first-order valence-corrected chi connectivity index (χ1v) is 5.46. The van der Waals surface area contributed by atoms with Crippen LogP contribution in [-0.4, -0.2) is 22.9 Å². The Morgan fingerprint density at radius 1 is 1.62 bits per heavy atom. The summed E-state index contributed by atoms with van der Waals surface area (Å²) >= 11 is 1.32. The molecule has 0 atom stereocenters. The minimum Gasteiger partial charge on any atom is -0.465 e. The van der Waals surface area contributed by atoms with Gasteiger partial charge >= 0.3 is 5.97 Å². The van der Waals surface area contributed by atoms with Gasteiger partial charge in [-0.05, 0) is 6.07 Å². The number of aryl methyl sites for hydroxylation is 1. The molecular formula is C10H11N3O2S. The molecule has 2 N–H and O–H groups in total. The number of hydrogen-bond donors (Lipinski definition) is 1. The van der Waals surface area contributed by atoms with Gasteiger partial charge < -0.3 is 10.5 Å². The van der Waals surface area contributed by atoms with Crippen molar-refractivity contribution in [1.82, 2.24) is 9.78 Å². The molecule has 0 unspecified atom stereocenters. The summed E-state index contributed by atoms with van der Waals surface area (Å²) < 4.78 is 6.40. The number of nitrogens with zero attached hydrogens (tertiary/aromatic N) is 2. The van der Waals surface area contributed by atoms with Gasteiger partial charge in [0.1, 0.15) is 10.6 Å². The average Bonchev–Trinajstić information content (AvgIpc) is 2.83. The van der Waals surface area contributed by atoms with Gasteiger partial charge in [-0.15, -0.1) is 11.3 Å². The second-order valence-corrected chi connectivity index (χ2v) is 4.13. The number of nitrogen functional groups attached to an aromatic ring is 1. The number of nitrogens with two attached hydrogens (primary N) is 1. The molecule has 0 radical (unpaired) electrons. The van der Waals surface area contributed by atoms with Crippen LogP contribution in [0.5, 0.6) is 0 Å². The van der Waals surface area contributed by atoms with Crippen molar-refractivity contribution in [2.24, 2.45) is 7.05 Å². The van der Waals surface area contributed by atoms with Crippen LogP contribution in [0.15, 0.2) is 17.6 Å². The van der Waals surface area contributed by atoms with Crippen LogP contribution < -0.4 is 5.73 Å². The van der Waals surface area contributed by atoms with E-state index in [0.717, 1.165) is 11.3 Å². The molecular weight excluding hydrogens is 226 g/mol. The molecule has 0 saturated heterocycles. The van der Waals surface area contributed by atoms with Gasteiger partial charge in [-0.3, -0.25) is 4.68 Å². The first-order chi connectivity index (χ1) is 7.65. The summed E-state index contributed by atoms with van der Waals surface area (Å²) in [6.45, 7) is 0. The van der Waals surface area contributed by atoms with Crippen LogP contribution in [0.1, 0.15) is 10.4 Å². The lowest BCUT2D eigenvalue weighted by atomic mass is 10.1. The highest BCUT2D eigenvalue weighted by molar-refractivity contribution is 7.14. The molecule has 2 rings (SSSR count). The molecule has 0 saturated carbocycles. The maximum absolute atomic E-state index is 11.6. The maximum atomic E-state index is 11.6.